The minimum absolute atomic E-state index is 1.11. The Labute approximate surface area is 303 Å². The molecular weight excluding hydrogens is 629 g/mol. The van der Waals surface area contributed by atoms with Gasteiger partial charge >= 0.3 is 0 Å². The van der Waals surface area contributed by atoms with Gasteiger partial charge in [-0.25, -0.2) is 0 Å². The van der Waals surface area contributed by atoms with Crippen LogP contribution in [0.15, 0.2) is 206 Å². The molecule has 2 heteroatoms. The first-order valence-electron chi connectivity index (χ1n) is 17.9. The van der Waals surface area contributed by atoms with E-state index in [1.807, 2.05) is 0 Å². The molecular formula is C50H34N2. The van der Waals surface area contributed by atoms with Crippen molar-refractivity contribution in [3.63, 3.8) is 0 Å². The van der Waals surface area contributed by atoms with E-state index in [0.717, 1.165) is 28.3 Å². The van der Waals surface area contributed by atoms with Crippen molar-refractivity contribution in [2.24, 2.45) is 0 Å². The summed E-state index contributed by atoms with van der Waals surface area (Å²) >= 11 is 0. The van der Waals surface area contributed by atoms with Crippen LogP contribution in [0.25, 0.3) is 71.3 Å². The van der Waals surface area contributed by atoms with Crippen molar-refractivity contribution >= 4 is 60.4 Å². The van der Waals surface area contributed by atoms with Gasteiger partial charge in [-0.05, 0) is 93.0 Å². The van der Waals surface area contributed by atoms with Crippen LogP contribution in [-0.4, -0.2) is 4.57 Å². The first kappa shape index (κ1) is 30.0. The lowest BCUT2D eigenvalue weighted by Gasteiger charge is -2.27. The van der Waals surface area contributed by atoms with Crippen LogP contribution >= 0.6 is 0 Å². The fourth-order valence-electron chi connectivity index (χ4n) is 7.95. The van der Waals surface area contributed by atoms with E-state index < -0.39 is 0 Å². The molecule has 9 aromatic carbocycles. The van der Waals surface area contributed by atoms with Gasteiger partial charge in [-0.1, -0.05) is 152 Å². The highest BCUT2D eigenvalue weighted by molar-refractivity contribution is 6.09. The fourth-order valence-corrected chi connectivity index (χ4v) is 7.95. The quantitative estimate of drug-likeness (QED) is 0.172. The monoisotopic (exact) mass is 662 g/mol. The summed E-state index contributed by atoms with van der Waals surface area (Å²) in [6, 6.07) is 74.7. The molecule has 10 rings (SSSR count). The van der Waals surface area contributed by atoms with Gasteiger partial charge in [0.15, 0.2) is 0 Å². The summed E-state index contributed by atoms with van der Waals surface area (Å²) in [5, 5.41) is 7.47. The molecule has 244 valence electrons. The Hall–Kier alpha value is -6.90. The van der Waals surface area contributed by atoms with Gasteiger partial charge in [0.1, 0.15) is 0 Å². The molecule has 1 heterocycles. The van der Waals surface area contributed by atoms with Crippen LogP contribution in [0.3, 0.4) is 0 Å². The van der Waals surface area contributed by atoms with Gasteiger partial charge in [0, 0.05) is 33.2 Å². The molecule has 0 bridgehead atoms. The summed E-state index contributed by atoms with van der Waals surface area (Å²) < 4.78 is 2.39. The second-order valence-electron chi connectivity index (χ2n) is 13.4. The molecule has 0 aliphatic heterocycles. The van der Waals surface area contributed by atoms with Gasteiger partial charge in [-0.2, -0.15) is 0 Å². The van der Waals surface area contributed by atoms with Crippen molar-refractivity contribution in [1.29, 1.82) is 0 Å². The van der Waals surface area contributed by atoms with E-state index in [2.05, 4.69) is 216 Å². The summed E-state index contributed by atoms with van der Waals surface area (Å²) in [6.45, 7) is 0. The molecule has 0 fully saturated rings. The number of rotatable bonds is 6. The SMILES string of the molecule is c1cc(-c2cccc(-n3c4ccccc4c4ccccc43)c2)cc(N(c2ccc(-c3cccc4ccccc34)cc2)c2cccc3ccccc23)c1. The second-order valence-corrected chi connectivity index (χ2v) is 13.4. The Bertz CT molecular complexity index is 2850. The van der Waals surface area contributed by atoms with Crippen molar-refractivity contribution in [3.8, 4) is 27.9 Å². The second kappa shape index (κ2) is 12.5. The molecule has 0 saturated carbocycles. The molecule has 52 heavy (non-hydrogen) atoms. The van der Waals surface area contributed by atoms with Gasteiger partial charge in [-0.15, -0.1) is 0 Å². The Kier molecular flexibility index (Phi) is 7.18. The number of benzene rings is 9. The molecule has 0 atom stereocenters. The van der Waals surface area contributed by atoms with Gasteiger partial charge in [0.05, 0.1) is 16.7 Å². The first-order valence-corrected chi connectivity index (χ1v) is 17.9. The third-order valence-corrected chi connectivity index (χ3v) is 10.4. The third kappa shape index (κ3) is 5.04. The Balaban J connectivity index is 1.11. The number of aromatic nitrogens is 1. The van der Waals surface area contributed by atoms with E-state index >= 15 is 0 Å². The van der Waals surface area contributed by atoms with Crippen LogP contribution in [0.1, 0.15) is 0 Å². The predicted octanol–water partition coefficient (Wildman–Crippen LogP) is 13.9. The summed E-state index contributed by atoms with van der Waals surface area (Å²) in [5.41, 5.74) is 11.7. The molecule has 0 unspecified atom stereocenters. The predicted molar refractivity (Wildman–Crippen MR) is 221 cm³/mol. The number of hydrogen-bond acceptors (Lipinski definition) is 1. The van der Waals surface area contributed by atoms with E-state index in [-0.39, 0.29) is 0 Å². The summed E-state index contributed by atoms with van der Waals surface area (Å²) in [7, 11) is 0. The van der Waals surface area contributed by atoms with Gasteiger partial charge in [0.25, 0.3) is 0 Å². The number of para-hydroxylation sites is 2. The minimum Gasteiger partial charge on any atom is -0.310 e. The maximum Gasteiger partial charge on any atom is 0.0541 e. The highest BCUT2D eigenvalue weighted by Crippen LogP contribution is 2.41. The van der Waals surface area contributed by atoms with Crippen molar-refractivity contribution in [2.75, 3.05) is 4.90 Å². The lowest BCUT2D eigenvalue weighted by Crippen LogP contribution is -2.10. The lowest BCUT2D eigenvalue weighted by molar-refractivity contribution is 1.18. The highest BCUT2D eigenvalue weighted by Gasteiger charge is 2.17. The molecule has 0 amide bonds. The number of anilines is 3. The molecule has 2 nitrogen and oxygen atoms in total. The third-order valence-electron chi connectivity index (χ3n) is 10.4. The number of hydrogen-bond donors (Lipinski definition) is 0. The largest absolute Gasteiger partial charge is 0.310 e. The summed E-state index contributed by atoms with van der Waals surface area (Å²) in [5.74, 6) is 0. The average molecular weight is 663 g/mol. The maximum atomic E-state index is 2.40. The Morgan fingerprint density at radius 3 is 1.60 bits per heavy atom. The number of nitrogens with zero attached hydrogens (tertiary/aromatic N) is 2. The molecule has 0 spiro atoms. The molecule has 0 aliphatic carbocycles. The normalized spacial score (nSPS) is 11.5. The molecule has 0 aliphatic rings. The van der Waals surface area contributed by atoms with Gasteiger partial charge in [0.2, 0.25) is 0 Å². The fraction of sp³-hybridized carbons (Fsp3) is 0. The van der Waals surface area contributed by atoms with Gasteiger partial charge in [-0.3, -0.25) is 0 Å². The zero-order valence-electron chi connectivity index (χ0n) is 28.5. The molecule has 1 aromatic heterocycles. The van der Waals surface area contributed by atoms with E-state index in [1.54, 1.807) is 0 Å². The van der Waals surface area contributed by atoms with Crippen LogP contribution in [-0.2, 0) is 0 Å². The zero-order valence-corrected chi connectivity index (χ0v) is 28.5. The van der Waals surface area contributed by atoms with E-state index in [0.29, 0.717) is 0 Å². The van der Waals surface area contributed by atoms with Crippen LogP contribution < -0.4 is 4.90 Å². The minimum atomic E-state index is 1.11. The maximum absolute atomic E-state index is 2.40. The van der Waals surface area contributed by atoms with Gasteiger partial charge < -0.3 is 9.47 Å². The van der Waals surface area contributed by atoms with Crippen LogP contribution in [0.2, 0.25) is 0 Å². The molecule has 0 saturated heterocycles. The topological polar surface area (TPSA) is 8.17 Å². The lowest BCUT2D eigenvalue weighted by atomic mass is 9.98. The smallest absolute Gasteiger partial charge is 0.0541 e. The number of fused-ring (bicyclic) bond motifs is 5. The van der Waals surface area contributed by atoms with Crippen molar-refractivity contribution in [1.82, 2.24) is 4.57 Å². The average Bonchev–Trinajstić information content (AvgIpc) is 3.56. The van der Waals surface area contributed by atoms with Crippen molar-refractivity contribution in [3.05, 3.63) is 206 Å². The standard InChI is InChI=1S/C50H34N2/c1-3-21-43-35(13-1)15-11-25-44(43)37-29-31-40(32-30-37)51(48-28-12-16-36-14-2-4-22-45(36)48)41-19-9-17-38(33-41)39-18-10-20-42(34-39)52-49-26-7-5-23-46(49)47-24-6-8-27-50(47)52/h1-34H. The van der Waals surface area contributed by atoms with E-state index in [4.69, 9.17) is 0 Å². The van der Waals surface area contributed by atoms with E-state index in [9.17, 15) is 0 Å². The Morgan fingerprint density at radius 1 is 0.327 bits per heavy atom. The molecule has 0 radical (unpaired) electrons. The first-order chi connectivity index (χ1) is 25.8. The zero-order chi connectivity index (χ0) is 34.4. The summed E-state index contributed by atoms with van der Waals surface area (Å²) in [4.78, 5) is 2.40. The Morgan fingerprint density at radius 2 is 0.865 bits per heavy atom. The van der Waals surface area contributed by atoms with E-state index in [1.165, 1.54) is 60.0 Å². The van der Waals surface area contributed by atoms with Crippen molar-refractivity contribution < 1.29 is 0 Å². The molecule has 10 aromatic rings. The van der Waals surface area contributed by atoms with Crippen LogP contribution in [0, 0.1) is 0 Å². The van der Waals surface area contributed by atoms with Crippen LogP contribution in [0.5, 0.6) is 0 Å². The van der Waals surface area contributed by atoms with Crippen LogP contribution in [0.4, 0.5) is 17.1 Å². The molecule has 0 N–H and O–H groups in total. The summed E-state index contributed by atoms with van der Waals surface area (Å²) in [6.07, 6.45) is 0. The van der Waals surface area contributed by atoms with Crippen molar-refractivity contribution in [2.45, 2.75) is 0 Å². The highest BCUT2D eigenvalue weighted by atomic mass is 15.1.